The van der Waals surface area contributed by atoms with Crippen molar-refractivity contribution < 1.29 is 18.0 Å². The fraction of sp³-hybridized carbons (Fsp3) is 0.263. The van der Waals surface area contributed by atoms with Crippen molar-refractivity contribution >= 4 is 53.3 Å². The lowest BCUT2D eigenvalue weighted by atomic mass is 10.3. The molecule has 2 rings (SSSR count). The molecule has 0 aromatic heterocycles. The monoisotopic (exact) mass is 538 g/mol. The molecule has 0 saturated heterocycles. The van der Waals surface area contributed by atoms with Crippen molar-refractivity contribution in [3.8, 4) is 0 Å². The van der Waals surface area contributed by atoms with Crippen molar-refractivity contribution in [3.63, 3.8) is 0 Å². The van der Waals surface area contributed by atoms with Gasteiger partial charge in [-0.05, 0) is 31.2 Å². The molecule has 2 aromatic rings. The Morgan fingerprint density at radius 3 is 2.45 bits per heavy atom. The summed E-state index contributed by atoms with van der Waals surface area (Å²) in [6, 6.07) is 11.6. The number of benzene rings is 2. The van der Waals surface area contributed by atoms with Crippen LogP contribution in [0.4, 0.5) is 18.9 Å². The molecule has 158 valence electrons. The summed E-state index contributed by atoms with van der Waals surface area (Å²) < 4.78 is 39.7. The van der Waals surface area contributed by atoms with Crippen LogP contribution in [0.25, 0.3) is 0 Å². The molecule has 0 aliphatic rings. The van der Waals surface area contributed by atoms with Gasteiger partial charge in [0.25, 0.3) is 0 Å². The van der Waals surface area contributed by atoms with E-state index < -0.39 is 29.0 Å². The van der Waals surface area contributed by atoms with Crippen molar-refractivity contribution in [2.24, 2.45) is 4.99 Å². The molecule has 0 fully saturated rings. The molecule has 0 radical (unpaired) electrons. The van der Waals surface area contributed by atoms with Crippen LogP contribution in [0.3, 0.4) is 0 Å². The quantitative estimate of drug-likeness (QED) is 0.119. The van der Waals surface area contributed by atoms with Crippen LogP contribution in [-0.2, 0) is 4.79 Å². The van der Waals surface area contributed by atoms with E-state index in [4.69, 9.17) is 0 Å². The largest absolute Gasteiger partial charge is 0.357 e. The second-order valence-electron chi connectivity index (χ2n) is 5.55. The summed E-state index contributed by atoms with van der Waals surface area (Å²) in [5.74, 6) is -3.83. The summed E-state index contributed by atoms with van der Waals surface area (Å²) in [4.78, 5) is 17.2. The van der Waals surface area contributed by atoms with Crippen molar-refractivity contribution in [3.05, 3.63) is 59.9 Å². The van der Waals surface area contributed by atoms with Crippen LogP contribution in [0.15, 0.2) is 52.4 Å². The van der Waals surface area contributed by atoms with E-state index in [0.717, 1.165) is 22.8 Å². The summed E-state index contributed by atoms with van der Waals surface area (Å²) in [6.07, 6.45) is 0. The topological polar surface area (TPSA) is 65.5 Å². The van der Waals surface area contributed by atoms with Crippen molar-refractivity contribution in [2.45, 2.75) is 11.8 Å². The fourth-order valence-electron chi connectivity index (χ4n) is 2.16. The number of guanidine groups is 1. The van der Waals surface area contributed by atoms with Crippen molar-refractivity contribution in [1.29, 1.82) is 0 Å². The summed E-state index contributed by atoms with van der Waals surface area (Å²) in [6.45, 7) is 2.79. The SMILES string of the molecule is CCNC(=NCC(=O)Nc1ccc(F)c(F)c1F)NCCSc1ccccc1.I. The molecular formula is C19H22F3IN4OS. The highest BCUT2D eigenvalue weighted by Crippen LogP contribution is 2.19. The lowest BCUT2D eigenvalue weighted by molar-refractivity contribution is -0.114. The first kappa shape index (κ1) is 25.1. The lowest BCUT2D eigenvalue weighted by Crippen LogP contribution is -2.39. The molecule has 0 saturated carbocycles. The Hall–Kier alpha value is -1.95. The van der Waals surface area contributed by atoms with E-state index >= 15 is 0 Å². The zero-order chi connectivity index (χ0) is 20.4. The molecule has 3 N–H and O–H groups in total. The summed E-state index contributed by atoms with van der Waals surface area (Å²) in [5.41, 5.74) is -0.434. The van der Waals surface area contributed by atoms with Gasteiger partial charge in [-0.3, -0.25) is 4.79 Å². The Balaban J connectivity index is 0.00000420. The minimum Gasteiger partial charge on any atom is -0.357 e. The first-order valence-electron chi connectivity index (χ1n) is 8.64. The molecule has 1 amide bonds. The molecule has 0 aliphatic heterocycles. The predicted molar refractivity (Wildman–Crippen MR) is 122 cm³/mol. The average Bonchev–Trinajstić information content (AvgIpc) is 2.70. The molecule has 0 bridgehead atoms. The van der Waals surface area contributed by atoms with E-state index in [-0.39, 0.29) is 30.5 Å². The number of nitrogens with zero attached hydrogens (tertiary/aromatic N) is 1. The third-order valence-electron chi connectivity index (χ3n) is 3.44. The number of aliphatic imine (C=N–C) groups is 1. The average molecular weight is 538 g/mol. The molecule has 0 heterocycles. The van der Waals surface area contributed by atoms with Gasteiger partial charge in [-0.25, -0.2) is 18.2 Å². The standard InChI is InChI=1S/C19H21F3N4OS.HI/c1-2-23-19(24-10-11-28-13-6-4-3-5-7-13)25-12-16(27)26-15-9-8-14(20)17(21)18(15)22;/h3-9H,2,10-12H2,1H3,(H,26,27)(H2,23,24,25);1H. The lowest BCUT2D eigenvalue weighted by Gasteiger charge is -2.11. The Morgan fingerprint density at radius 2 is 1.76 bits per heavy atom. The molecule has 0 aliphatic carbocycles. The zero-order valence-corrected chi connectivity index (χ0v) is 18.8. The van der Waals surface area contributed by atoms with Crippen LogP contribution in [0.1, 0.15) is 6.92 Å². The Morgan fingerprint density at radius 1 is 1.03 bits per heavy atom. The third kappa shape index (κ3) is 8.52. The van der Waals surface area contributed by atoms with E-state index in [0.29, 0.717) is 19.0 Å². The first-order chi connectivity index (χ1) is 13.5. The normalized spacial score (nSPS) is 10.8. The number of halogens is 4. The van der Waals surface area contributed by atoms with E-state index in [1.807, 2.05) is 37.3 Å². The number of amides is 1. The molecule has 10 heteroatoms. The highest BCUT2D eigenvalue weighted by Gasteiger charge is 2.15. The fourth-order valence-corrected chi connectivity index (χ4v) is 2.95. The maximum Gasteiger partial charge on any atom is 0.246 e. The van der Waals surface area contributed by atoms with Crippen molar-refractivity contribution in [2.75, 3.05) is 30.7 Å². The number of thioether (sulfide) groups is 1. The van der Waals surface area contributed by atoms with Gasteiger partial charge in [0.15, 0.2) is 23.4 Å². The van der Waals surface area contributed by atoms with Gasteiger partial charge in [0, 0.05) is 23.7 Å². The van der Waals surface area contributed by atoms with Crippen molar-refractivity contribution in [1.82, 2.24) is 10.6 Å². The number of nitrogens with one attached hydrogen (secondary N) is 3. The number of hydrogen-bond donors (Lipinski definition) is 3. The minimum absolute atomic E-state index is 0. The zero-order valence-electron chi connectivity index (χ0n) is 15.7. The molecular weight excluding hydrogens is 516 g/mol. The highest BCUT2D eigenvalue weighted by atomic mass is 127. The van der Waals surface area contributed by atoms with Crippen LogP contribution < -0.4 is 16.0 Å². The van der Waals surface area contributed by atoms with Crippen LogP contribution in [0.5, 0.6) is 0 Å². The van der Waals surface area contributed by atoms with Gasteiger partial charge >= 0.3 is 0 Å². The Kier molecular flexibility index (Phi) is 11.5. The van der Waals surface area contributed by atoms with E-state index in [2.05, 4.69) is 20.9 Å². The van der Waals surface area contributed by atoms with Gasteiger partial charge in [-0.15, -0.1) is 35.7 Å². The number of rotatable bonds is 8. The predicted octanol–water partition coefficient (Wildman–Crippen LogP) is 4.01. The Bertz CT molecular complexity index is 825. The van der Waals surface area contributed by atoms with Gasteiger partial charge in [0.05, 0.1) is 5.69 Å². The van der Waals surface area contributed by atoms with Gasteiger partial charge in [-0.2, -0.15) is 0 Å². The smallest absolute Gasteiger partial charge is 0.246 e. The molecule has 29 heavy (non-hydrogen) atoms. The van der Waals surface area contributed by atoms with Gasteiger partial charge in [0.2, 0.25) is 5.91 Å². The molecule has 0 atom stereocenters. The first-order valence-corrected chi connectivity index (χ1v) is 9.63. The Labute approximate surface area is 189 Å². The maximum absolute atomic E-state index is 13.6. The minimum atomic E-state index is -1.63. The number of carbonyl (C=O) groups is 1. The molecule has 5 nitrogen and oxygen atoms in total. The van der Waals surface area contributed by atoms with Crippen LogP contribution in [-0.4, -0.2) is 37.3 Å². The number of carbonyl (C=O) groups excluding carboxylic acids is 1. The summed E-state index contributed by atoms with van der Waals surface area (Å²) in [5, 5.41) is 8.26. The summed E-state index contributed by atoms with van der Waals surface area (Å²) in [7, 11) is 0. The van der Waals surface area contributed by atoms with E-state index in [1.54, 1.807) is 11.8 Å². The second-order valence-corrected chi connectivity index (χ2v) is 6.72. The van der Waals surface area contributed by atoms with E-state index in [1.165, 1.54) is 0 Å². The number of anilines is 1. The third-order valence-corrected chi connectivity index (χ3v) is 4.45. The number of hydrogen-bond acceptors (Lipinski definition) is 3. The van der Waals surface area contributed by atoms with Crippen LogP contribution in [0, 0.1) is 17.5 Å². The van der Waals surface area contributed by atoms with Gasteiger partial charge in [-0.1, -0.05) is 18.2 Å². The maximum atomic E-state index is 13.6. The molecule has 2 aromatic carbocycles. The van der Waals surface area contributed by atoms with Gasteiger partial charge < -0.3 is 16.0 Å². The summed E-state index contributed by atoms with van der Waals surface area (Å²) >= 11 is 1.68. The second kappa shape index (κ2) is 13.3. The molecule has 0 unspecified atom stereocenters. The van der Waals surface area contributed by atoms with Crippen LogP contribution in [0.2, 0.25) is 0 Å². The van der Waals surface area contributed by atoms with Crippen LogP contribution >= 0.6 is 35.7 Å². The van der Waals surface area contributed by atoms with Gasteiger partial charge in [0.1, 0.15) is 6.54 Å². The van der Waals surface area contributed by atoms with E-state index in [9.17, 15) is 18.0 Å². The molecule has 0 spiro atoms. The highest BCUT2D eigenvalue weighted by molar-refractivity contribution is 14.0.